The van der Waals surface area contributed by atoms with Crippen molar-refractivity contribution in [1.29, 1.82) is 0 Å². The number of benzene rings is 2. The Morgan fingerprint density at radius 1 is 1.00 bits per heavy atom. The van der Waals surface area contributed by atoms with Crippen LogP contribution in [0.25, 0.3) is 0 Å². The van der Waals surface area contributed by atoms with Gasteiger partial charge < -0.3 is 5.73 Å². The second-order valence-electron chi connectivity index (χ2n) is 4.85. The van der Waals surface area contributed by atoms with Crippen molar-refractivity contribution in [2.24, 2.45) is 5.73 Å². The van der Waals surface area contributed by atoms with E-state index >= 15 is 0 Å². The molecule has 7 heteroatoms. The standard InChI is InChI=1S/C15H14F3NO2S/c1-10(19)13-4-2-3-5-14(13)22(20,21)12-8-6-11(7-9-12)15(16,17)18/h2-10H,19H2,1H3/t10-/m0/s1. The third kappa shape index (κ3) is 3.15. The largest absolute Gasteiger partial charge is 0.416 e. The lowest BCUT2D eigenvalue weighted by molar-refractivity contribution is -0.137. The molecule has 2 N–H and O–H groups in total. The summed E-state index contributed by atoms with van der Waals surface area (Å²) in [5, 5.41) is 0. The van der Waals surface area contributed by atoms with E-state index in [-0.39, 0.29) is 9.79 Å². The van der Waals surface area contributed by atoms with Crippen LogP contribution < -0.4 is 5.73 Å². The van der Waals surface area contributed by atoms with E-state index in [1.165, 1.54) is 6.07 Å². The van der Waals surface area contributed by atoms with Gasteiger partial charge in [0.2, 0.25) is 9.84 Å². The zero-order valence-corrected chi connectivity index (χ0v) is 12.4. The van der Waals surface area contributed by atoms with Gasteiger partial charge in [0.1, 0.15) is 0 Å². The van der Waals surface area contributed by atoms with Crippen LogP contribution in [0.5, 0.6) is 0 Å². The van der Waals surface area contributed by atoms with Crippen LogP contribution in [0.15, 0.2) is 58.3 Å². The molecular weight excluding hydrogens is 315 g/mol. The van der Waals surface area contributed by atoms with E-state index in [0.29, 0.717) is 5.56 Å². The predicted molar refractivity (Wildman–Crippen MR) is 75.9 cm³/mol. The Kier molecular flexibility index (Phi) is 4.30. The molecule has 0 fully saturated rings. The first-order valence-corrected chi connectivity index (χ1v) is 7.89. The molecule has 0 spiro atoms. The molecule has 0 radical (unpaired) electrons. The molecule has 0 aromatic heterocycles. The fourth-order valence-electron chi connectivity index (χ4n) is 2.05. The van der Waals surface area contributed by atoms with Gasteiger partial charge in [-0.25, -0.2) is 8.42 Å². The van der Waals surface area contributed by atoms with Gasteiger partial charge in [-0.2, -0.15) is 13.2 Å². The minimum absolute atomic E-state index is 0.00441. The number of halogens is 3. The molecule has 118 valence electrons. The second-order valence-corrected chi connectivity index (χ2v) is 6.77. The van der Waals surface area contributed by atoms with Gasteiger partial charge in [0.25, 0.3) is 0 Å². The van der Waals surface area contributed by atoms with Gasteiger partial charge in [-0.3, -0.25) is 0 Å². The van der Waals surface area contributed by atoms with Crippen molar-refractivity contribution in [3.05, 3.63) is 59.7 Å². The van der Waals surface area contributed by atoms with Gasteiger partial charge in [0, 0.05) is 6.04 Å². The Morgan fingerprint density at radius 2 is 1.55 bits per heavy atom. The molecule has 0 unspecified atom stereocenters. The second kappa shape index (κ2) is 5.73. The average Bonchev–Trinajstić information content (AvgIpc) is 2.46. The number of rotatable bonds is 3. The predicted octanol–water partition coefficient (Wildman–Crippen LogP) is 3.56. The van der Waals surface area contributed by atoms with Gasteiger partial charge >= 0.3 is 6.18 Å². The molecule has 0 bridgehead atoms. The van der Waals surface area contributed by atoms with Gasteiger partial charge in [-0.1, -0.05) is 18.2 Å². The molecule has 0 saturated carbocycles. The maximum Gasteiger partial charge on any atom is 0.416 e. The maximum absolute atomic E-state index is 12.6. The molecule has 2 rings (SSSR count). The van der Waals surface area contributed by atoms with E-state index in [1.807, 2.05) is 0 Å². The van der Waals surface area contributed by atoms with Crippen molar-refractivity contribution in [1.82, 2.24) is 0 Å². The average molecular weight is 329 g/mol. The highest BCUT2D eigenvalue weighted by Gasteiger charge is 2.31. The highest BCUT2D eigenvalue weighted by Crippen LogP contribution is 2.32. The summed E-state index contributed by atoms with van der Waals surface area (Å²) in [4.78, 5) is -0.196. The van der Waals surface area contributed by atoms with Crippen LogP contribution >= 0.6 is 0 Å². The first-order chi connectivity index (χ1) is 10.1. The van der Waals surface area contributed by atoms with Crippen LogP contribution in [0, 0.1) is 0 Å². The van der Waals surface area contributed by atoms with Crippen molar-refractivity contribution in [3.8, 4) is 0 Å². The summed E-state index contributed by atoms with van der Waals surface area (Å²) in [6.45, 7) is 1.64. The molecule has 3 nitrogen and oxygen atoms in total. The summed E-state index contributed by atoms with van der Waals surface area (Å²) in [6.07, 6.45) is -4.51. The van der Waals surface area contributed by atoms with Crippen LogP contribution in [0.3, 0.4) is 0 Å². The number of hydrogen-bond acceptors (Lipinski definition) is 3. The smallest absolute Gasteiger partial charge is 0.324 e. The minimum Gasteiger partial charge on any atom is -0.324 e. The molecule has 0 saturated heterocycles. The third-order valence-corrected chi connectivity index (χ3v) is 5.03. The lowest BCUT2D eigenvalue weighted by Gasteiger charge is -2.13. The summed E-state index contributed by atoms with van der Waals surface area (Å²) in [5.41, 5.74) is 5.28. The lowest BCUT2D eigenvalue weighted by Crippen LogP contribution is -2.12. The number of sulfone groups is 1. The first-order valence-electron chi connectivity index (χ1n) is 6.41. The Morgan fingerprint density at radius 3 is 2.05 bits per heavy atom. The van der Waals surface area contributed by atoms with Crippen LogP contribution in [0.1, 0.15) is 24.1 Å². The third-order valence-electron chi connectivity index (χ3n) is 3.19. The topological polar surface area (TPSA) is 60.2 Å². The molecule has 22 heavy (non-hydrogen) atoms. The fraction of sp³-hybridized carbons (Fsp3) is 0.200. The van der Waals surface area contributed by atoms with Crippen LogP contribution in [-0.2, 0) is 16.0 Å². The Labute approximate surface area is 126 Å². The van der Waals surface area contributed by atoms with Crippen LogP contribution in [0.4, 0.5) is 13.2 Å². The molecule has 0 heterocycles. The van der Waals surface area contributed by atoms with Gasteiger partial charge in [-0.05, 0) is 42.8 Å². The zero-order valence-electron chi connectivity index (χ0n) is 11.6. The zero-order chi connectivity index (χ0) is 16.5. The first kappa shape index (κ1) is 16.5. The van der Waals surface area contributed by atoms with E-state index in [1.54, 1.807) is 25.1 Å². The van der Waals surface area contributed by atoms with Gasteiger partial charge in [0.15, 0.2) is 0 Å². The lowest BCUT2D eigenvalue weighted by atomic mass is 10.1. The Bertz CT molecular complexity index is 766. The molecule has 0 amide bonds. The summed E-state index contributed by atoms with van der Waals surface area (Å²) in [5.74, 6) is 0. The summed E-state index contributed by atoms with van der Waals surface area (Å²) >= 11 is 0. The van der Waals surface area contributed by atoms with Crippen molar-refractivity contribution in [3.63, 3.8) is 0 Å². The molecule has 0 aliphatic heterocycles. The van der Waals surface area contributed by atoms with E-state index in [0.717, 1.165) is 24.3 Å². The number of alkyl halides is 3. The van der Waals surface area contributed by atoms with Crippen LogP contribution in [-0.4, -0.2) is 8.42 Å². The summed E-state index contributed by atoms with van der Waals surface area (Å²) in [7, 11) is -3.92. The molecule has 1 atom stereocenters. The van der Waals surface area contributed by atoms with E-state index < -0.39 is 27.6 Å². The van der Waals surface area contributed by atoms with Crippen molar-refractivity contribution < 1.29 is 21.6 Å². The van der Waals surface area contributed by atoms with E-state index in [4.69, 9.17) is 5.73 Å². The Hall–Kier alpha value is -1.86. The summed E-state index contributed by atoms with van der Waals surface area (Å²) in [6, 6.07) is 9.08. The number of hydrogen-bond donors (Lipinski definition) is 1. The number of nitrogens with two attached hydrogens (primary N) is 1. The molecule has 2 aromatic rings. The van der Waals surface area contributed by atoms with Crippen LogP contribution in [0.2, 0.25) is 0 Å². The highest BCUT2D eigenvalue weighted by atomic mass is 32.2. The molecule has 0 aliphatic carbocycles. The van der Waals surface area contributed by atoms with Gasteiger partial charge in [0.05, 0.1) is 15.4 Å². The highest BCUT2D eigenvalue weighted by molar-refractivity contribution is 7.91. The van der Waals surface area contributed by atoms with Crippen molar-refractivity contribution in [2.75, 3.05) is 0 Å². The monoisotopic (exact) mass is 329 g/mol. The van der Waals surface area contributed by atoms with Crippen molar-refractivity contribution in [2.45, 2.75) is 28.9 Å². The SMILES string of the molecule is C[C@H](N)c1ccccc1S(=O)(=O)c1ccc(C(F)(F)F)cc1. The molecule has 0 aliphatic rings. The van der Waals surface area contributed by atoms with E-state index in [9.17, 15) is 21.6 Å². The summed E-state index contributed by atoms with van der Waals surface area (Å²) < 4.78 is 62.8. The normalized spacial score (nSPS) is 13.9. The molecule has 2 aromatic carbocycles. The Balaban J connectivity index is 2.52. The van der Waals surface area contributed by atoms with Crippen molar-refractivity contribution >= 4 is 9.84 Å². The fourth-order valence-corrected chi connectivity index (χ4v) is 3.62. The maximum atomic E-state index is 12.6. The molecular formula is C15H14F3NO2S. The van der Waals surface area contributed by atoms with E-state index in [2.05, 4.69) is 0 Å². The quantitative estimate of drug-likeness (QED) is 0.936. The minimum atomic E-state index is -4.51. The van der Waals surface area contributed by atoms with Gasteiger partial charge in [-0.15, -0.1) is 0 Å².